The predicted octanol–water partition coefficient (Wildman–Crippen LogP) is 11.1. The van der Waals surface area contributed by atoms with E-state index in [-0.39, 0.29) is 0 Å². The van der Waals surface area contributed by atoms with Gasteiger partial charge in [0.25, 0.3) is 0 Å². The quantitative estimate of drug-likeness (QED) is 0.183. The third kappa shape index (κ3) is 4.70. The zero-order valence-corrected chi connectivity index (χ0v) is 25.8. The molecule has 5 aromatic carbocycles. The van der Waals surface area contributed by atoms with E-state index in [1.165, 1.54) is 38.0 Å². The van der Waals surface area contributed by atoms with Crippen molar-refractivity contribution in [3.8, 4) is 0 Å². The molecule has 1 aliphatic rings. The number of rotatable bonds is 6. The van der Waals surface area contributed by atoms with Crippen LogP contribution in [0.1, 0.15) is 24.5 Å². The average molecular weight is 583 g/mol. The van der Waals surface area contributed by atoms with Gasteiger partial charge in [0.2, 0.25) is 0 Å². The highest BCUT2D eigenvalue weighted by molar-refractivity contribution is 6.28. The fourth-order valence-corrected chi connectivity index (χ4v) is 6.73. The molecule has 7 aromatic rings. The summed E-state index contributed by atoms with van der Waals surface area (Å²) in [4.78, 5) is 14.4. The second kappa shape index (κ2) is 10.9. The largest absolute Gasteiger partial charge is 0.298 e. The maximum atomic E-state index is 4.92. The summed E-state index contributed by atoms with van der Waals surface area (Å²) >= 11 is 0. The van der Waals surface area contributed by atoms with Gasteiger partial charge in [-0.3, -0.25) is 9.80 Å². The molecule has 2 heterocycles. The van der Waals surface area contributed by atoms with Crippen molar-refractivity contribution in [3.05, 3.63) is 151 Å². The van der Waals surface area contributed by atoms with Gasteiger partial charge in [-0.15, -0.1) is 0 Å². The van der Waals surface area contributed by atoms with Crippen molar-refractivity contribution in [3.63, 3.8) is 0 Å². The number of anilines is 5. The lowest BCUT2D eigenvalue weighted by molar-refractivity contribution is 0.695. The smallest absolute Gasteiger partial charge is 0.137 e. The number of allylic oxidation sites excluding steroid dienone is 4. The lowest BCUT2D eigenvalue weighted by Crippen LogP contribution is -2.20. The Morgan fingerprint density at radius 1 is 0.600 bits per heavy atom. The van der Waals surface area contributed by atoms with Crippen LogP contribution < -0.4 is 9.80 Å². The van der Waals surface area contributed by atoms with E-state index in [1.54, 1.807) is 0 Å². The molecule has 4 nitrogen and oxygen atoms in total. The van der Waals surface area contributed by atoms with Crippen LogP contribution in [-0.2, 0) is 0 Å². The second-order valence-corrected chi connectivity index (χ2v) is 12.2. The van der Waals surface area contributed by atoms with Crippen molar-refractivity contribution in [1.29, 1.82) is 0 Å². The molecule has 1 unspecified atom stereocenters. The van der Waals surface area contributed by atoms with E-state index in [4.69, 9.17) is 9.97 Å². The van der Waals surface area contributed by atoms with Crippen LogP contribution in [0.5, 0.6) is 0 Å². The maximum absolute atomic E-state index is 4.92. The Kier molecular flexibility index (Phi) is 6.57. The van der Waals surface area contributed by atoms with Crippen LogP contribution in [0.25, 0.3) is 32.3 Å². The van der Waals surface area contributed by atoms with Crippen LogP contribution >= 0.6 is 0 Å². The first-order valence-corrected chi connectivity index (χ1v) is 15.6. The lowest BCUT2D eigenvalue weighted by Gasteiger charge is -2.31. The van der Waals surface area contributed by atoms with Gasteiger partial charge >= 0.3 is 0 Å². The number of aromatic nitrogens is 2. The Morgan fingerprint density at radius 3 is 1.71 bits per heavy atom. The molecule has 0 amide bonds. The van der Waals surface area contributed by atoms with Crippen LogP contribution in [-0.4, -0.2) is 9.97 Å². The SMILES string of the molecule is Cc1ccc(N(C2=CC=CC(C)C2)c2ccc3ccc4c(N(c5ccccc5)c5ccc(C)cn5)ccc5ccc2c3c54)nc1. The summed E-state index contributed by atoms with van der Waals surface area (Å²) in [6.45, 7) is 6.44. The van der Waals surface area contributed by atoms with E-state index in [0.717, 1.165) is 46.2 Å². The molecular weight excluding hydrogens is 548 g/mol. The highest BCUT2D eigenvalue weighted by Crippen LogP contribution is 2.46. The fourth-order valence-electron chi connectivity index (χ4n) is 6.73. The fraction of sp³-hybridized carbons (Fsp3) is 0.122. The molecule has 4 heteroatoms. The summed E-state index contributed by atoms with van der Waals surface area (Å²) in [6, 6.07) is 37.2. The number of benzene rings is 5. The van der Waals surface area contributed by atoms with Gasteiger partial charge in [0, 0.05) is 34.6 Å². The summed E-state index contributed by atoms with van der Waals surface area (Å²) in [5, 5.41) is 7.40. The Morgan fingerprint density at radius 2 is 1.16 bits per heavy atom. The van der Waals surface area contributed by atoms with Gasteiger partial charge in [-0.05, 0) is 101 Å². The molecule has 0 aliphatic heterocycles. The second-order valence-electron chi connectivity index (χ2n) is 12.2. The standard InChI is InChI=1S/C41H34N4/c1-27-8-7-11-33(24-27)45(39-23-13-29(3)26-43-39)37-21-17-31-14-18-34-36(20-16-30-15-19-35(37)41(31)40(30)34)44(32-9-5-4-6-10-32)38-22-12-28(2)25-42-38/h4-23,25-27H,24H2,1-3H3. The molecule has 0 radical (unpaired) electrons. The molecule has 0 spiro atoms. The van der Waals surface area contributed by atoms with Crippen LogP contribution in [0.3, 0.4) is 0 Å². The molecule has 8 rings (SSSR count). The van der Waals surface area contributed by atoms with Crippen molar-refractivity contribution in [2.24, 2.45) is 5.92 Å². The predicted molar refractivity (Wildman–Crippen MR) is 189 cm³/mol. The van der Waals surface area contributed by atoms with E-state index in [9.17, 15) is 0 Å². The number of pyridine rings is 2. The molecule has 218 valence electrons. The Labute approximate surface area is 263 Å². The van der Waals surface area contributed by atoms with Gasteiger partial charge in [-0.2, -0.15) is 0 Å². The summed E-state index contributed by atoms with van der Waals surface area (Å²) in [5.74, 6) is 2.29. The number of hydrogen-bond acceptors (Lipinski definition) is 4. The third-order valence-corrected chi connectivity index (χ3v) is 8.91. The third-order valence-electron chi connectivity index (χ3n) is 8.91. The number of nitrogens with zero attached hydrogens (tertiary/aromatic N) is 4. The first kappa shape index (κ1) is 27.1. The highest BCUT2D eigenvalue weighted by Gasteiger charge is 2.24. The minimum absolute atomic E-state index is 0.458. The van der Waals surface area contributed by atoms with Crippen molar-refractivity contribution in [1.82, 2.24) is 9.97 Å². The highest BCUT2D eigenvalue weighted by atomic mass is 15.2. The monoisotopic (exact) mass is 582 g/mol. The topological polar surface area (TPSA) is 32.3 Å². The van der Waals surface area contributed by atoms with Crippen LogP contribution in [0, 0.1) is 19.8 Å². The molecular formula is C41H34N4. The molecule has 0 N–H and O–H groups in total. The molecule has 0 saturated heterocycles. The Balaban J connectivity index is 1.39. The van der Waals surface area contributed by atoms with E-state index >= 15 is 0 Å². The number of hydrogen-bond donors (Lipinski definition) is 0. The van der Waals surface area contributed by atoms with E-state index in [1.807, 2.05) is 12.4 Å². The van der Waals surface area contributed by atoms with Crippen LogP contribution in [0.15, 0.2) is 139 Å². The first-order chi connectivity index (χ1) is 22.0. The van der Waals surface area contributed by atoms with Gasteiger partial charge in [0.15, 0.2) is 0 Å². The molecule has 2 aromatic heterocycles. The Hall–Kier alpha value is -5.48. The van der Waals surface area contributed by atoms with E-state index in [2.05, 4.69) is 152 Å². The number of para-hydroxylation sites is 1. The van der Waals surface area contributed by atoms with Crippen molar-refractivity contribution in [2.75, 3.05) is 9.80 Å². The van der Waals surface area contributed by atoms with Gasteiger partial charge in [-0.25, -0.2) is 9.97 Å². The van der Waals surface area contributed by atoms with Gasteiger partial charge in [0.05, 0.1) is 11.4 Å². The molecule has 45 heavy (non-hydrogen) atoms. The average Bonchev–Trinajstić information content (AvgIpc) is 3.07. The minimum Gasteiger partial charge on any atom is -0.298 e. The van der Waals surface area contributed by atoms with Gasteiger partial charge < -0.3 is 0 Å². The summed E-state index contributed by atoms with van der Waals surface area (Å²) in [6.07, 6.45) is 11.6. The first-order valence-electron chi connectivity index (χ1n) is 15.6. The van der Waals surface area contributed by atoms with Gasteiger partial charge in [-0.1, -0.05) is 85.8 Å². The summed E-state index contributed by atoms with van der Waals surface area (Å²) in [5.41, 5.74) is 6.87. The van der Waals surface area contributed by atoms with Crippen molar-refractivity contribution < 1.29 is 0 Å². The van der Waals surface area contributed by atoms with E-state index < -0.39 is 0 Å². The molecule has 1 atom stereocenters. The summed E-state index contributed by atoms with van der Waals surface area (Å²) in [7, 11) is 0. The zero-order valence-electron chi connectivity index (χ0n) is 25.8. The minimum atomic E-state index is 0.458. The van der Waals surface area contributed by atoms with Crippen LogP contribution in [0.4, 0.5) is 28.7 Å². The lowest BCUT2D eigenvalue weighted by atomic mass is 9.91. The molecule has 0 saturated carbocycles. The van der Waals surface area contributed by atoms with Crippen molar-refractivity contribution >= 4 is 61.0 Å². The zero-order chi connectivity index (χ0) is 30.5. The summed E-state index contributed by atoms with van der Waals surface area (Å²) < 4.78 is 0. The normalized spacial score (nSPS) is 14.7. The Bertz CT molecular complexity index is 2210. The molecule has 0 fully saturated rings. The molecule has 0 bridgehead atoms. The van der Waals surface area contributed by atoms with E-state index in [0.29, 0.717) is 5.92 Å². The van der Waals surface area contributed by atoms with Crippen molar-refractivity contribution in [2.45, 2.75) is 27.2 Å². The van der Waals surface area contributed by atoms with Crippen LogP contribution in [0.2, 0.25) is 0 Å². The van der Waals surface area contributed by atoms with Gasteiger partial charge in [0.1, 0.15) is 11.6 Å². The maximum Gasteiger partial charge on any atom is 0.137 e. The number of aryl methyl sites for hydroxylation is 2. The molecule has 1 aliphatic carbocycles.